The van der Waals surface area contributed by atoms with Crippen LogP contribution in [0, 0.1) is 18.6 Å². The minimum atomic E-state index is -0.809. The Balaban J connectivity index is 1.26. The molecule has 44 heavy (non-hydrogen) atoms. The molecule has 1 fully saturated rings. The van der Waals surface area contributed by atoms with Gasteiger partial charge in [-0.25, -0.2) is 13.5 Å². The Morgan fingerprint density at radius 1 is 1.05 bits per heavy atom. The van der Waals surface area contributed by atoms with Crippen molar-refractivity contribution in [3.8, 4) is 5.69 Å². The molecule has 12 heteroatoms. The van der Waals surface area contributed by atoms with E-state index in [0.717, 1.165) is 35.8 Å². The molecule has 2 amide bonds. The maximum atomic E-state index is 14.8. The van der Waals surface area contributed by atoms with Crippen molar-refractivity contribution in [3.05, 3.63) is 96.7 Å². The molecule has 2 aromatic carbocycles. The number of hydrogen-bond donors (Lipinski definition) is 2. The Morgan fingerprint density at radius 2 is 1.80 bits per heavy atom. The van der Waals surface area contributed by atoms with Crippen molar-refractivity contribution < 1.29 is 18.4 Å². The number of rotatable bonds is 7. The number of likely N-dealkylation sites (tertiary alicyclic amines) is 1. The lowest BCUT2D eigenvalue weighted by Gasteiger charge is -2.25. The zero-order valence-electron chi connectivity index (χ0n) is 24.4. The molecule has 2 aromatic heterocycles. The van der Waals surface area contributed by atoms with E-state index >= 15 is 0 Å². The monoisotopic (exact) mass is 639 g/mol. The number of hydrogen-bond acceptors (Lipinski definition) is 5. The number of aromatic nitrogens is 2. The Bertz CT molecular complexity index is 1820. The summed E-state index contributed by atoms with van der Waals surface area (Å²) in [6.07, 6.45) is 4.53. The van der Waals surface area contributed by atoms with Crippen LogP contribution in [0.2, 0.25) is 5.02 Å². The summed E-state index contributed by atoms with van der Waals surface area (Å²) < 4.78 is 32.7. The normalized spacial score (nSPS) is 16.6. The lowest BCUT2D eigenvalue weighted by molar-refractivity contribution is -0.117. The quantitative estimate of drug-likeness (QED) is 0.230. The van der Waals surface area contributed by atoms with Gasteiger partial charge < -0.3 is 10.6 Å². The molecular formula is C32H32ClF2N5O3S. The first-order chi connectivity index (χ1) is 21.2. The Morgan fingerprint density at radius 3 is 2.57 bits per heavy atom. The van der Waals surface area contributed by atoms with E-state index in [1.165, 1.54) is 22.1 Å². The molecule has 6 rings (SSSR count). The van der Waals surface area contributed by atoms with E-state index in [1.807, 2.05) is 30.3 Å². The average Bonchev–Trinajstić information content (AvgIpc) is 3.67. The van der Waals surface area contributed by atoms with Gasteiger partial charge in [0.2, 0.25) is 5.91 Å². The van der Waals surface area contributed by atoms with Crippen molar-refractivity contribution in [2.24, 2.45) is 7.05 Å². The number of aryl methyl sites for hydroxylation is 1. The Kier molecular flexibility index (Phi) is 8.45. The van der Waals surface area contributed by atoms with E-state index < -0.39 is 29.5 Å². The van der Waals surface area contributed by atoms with Crippen LogP contribution in [0.25, 0.3) is 5.69 Å². The predicted molar refractivity (Wildman–Crippen MR) is 168 cm³/mol. The van der Waals surface area contributed by atoms with Crippen LogP contribution in [-0.4, -0.2) is 39.2 Å². The summed E-state index contributed by atoms with van der Waals surface area (Å²) in [7, 11) is 1.75. The summed E-state index contributed by atoms with van der Waals surface area (Å²) in [4.78, 5) is 43.5. The molecule has 0 radical (unpaired) electrons. The lowest BCUT2D eigenvalue weighted by atomic mass is 9.95. The van der Waals surface area contributed by atoms with E-state index in [9.17, 15) is 23.2 Å². The molecule has 1 unspecified atom stereocenters. The fraction of sp³-hybridized carbons (Fsp3) is 0.344. The number of para-hydroxylation sites is 1. The van der Waals surface area contributed by atoms with Crippen molar-refractivity contribution >= 4 is 45.4 Å². The van der Waals surface area contributed by atoms with Gasteiger partial charge in [0.25, 0.3) is 11.5 Å². The van der Waals surface area contributed by atoms with Crippen molar-refractivity contribution in [3.63, 3.8) is 0 Å². The van der Waals surface area contributed by atoms with Crippen LogP contribution >= 0.6 is 22.9 Å². The minimum Gasteiger partial charge on any atom is -0.316 e. The lowest BCUT2D eigenvalue weighted by Crippen LogP contribution is -2.34. The first kappa shape index (κ1) is 30.2. The number of fused-ring (bicyclic) bond motifs is 1. The fourth-order valence-corrected chi connectivity index (χ4v) is 7.79. The van der Waals surface area contributed by atoms with Crippen molar-refractivity contribution in [1.29, 1.82) is 0 Å². The van der Waals surface area contributed by atoms with Crippen LogP contribution in [-0.2, 0) is 24.7 Å². The zero-order chi connectivity index (χ0) is 31.1. The summed E-state index contributed by atoms with van der Waals surface area (Å²) in [5, 5.41) is 6.02. The zero-order valence-corrected chi connectivity index (χ0v) is 26.0. The van der Waals surface area contributed by atoms with Crippen molar-refractivity contribution in [1.82, 2.24) is 14.3 Å². The number of nitrogens with one attached hydrogen (secondary N) is 2. The van der Waals surface area contributed by atoms with Crippen LogP contribution in [0.1, 0.15) is 63.8 Å². The number of benzene rings is 2. The van der Waals surface area contributed by atoms with Crippen LogP contribution < -0.4 is 16.2 Å². The van der Waals surface area contributed by atoms with Gasteiger partial charge in [-0.1, -0.05) is 29.8 Å². The maximum Gasteiger partial charge on any atom is 0.295 e. The highest BCUT2D eigenvalue weighted by Crippen LogP contribution is 2.40. The van der Waals surface area contributed by atoms with E-state index in [0.29, 0.717) is 47.8 Å². The first-order valence-corrected chi connectivity index (χ1v) is 15.8. The highest BCUT2D eigenvalue weighted by atomic mass is 35.5. The van der Waals surface area contributed by atoms with Crippen LogP contribution in [0.15, 0.2) is 47.3 Å². The number of halogens is 3. The third-order valence-corrected chi connectivity index (χ3v) is 10.1. The second kappa shape index (κ2) is 12.3. The van der Waals surface area contributed by atoms with Crippen molar-refractivity contribution in [2.75, 3.05) is 23.7 Å². The maximum absolute atomic E-state index is 14.8. The second-order valence-corrected chi connectivity index (χ2v) is 12.8. The highest BCUT2D eigenvalue weighted by Gasteiger charge is 2.34. The van der Waals surface area contributed by atoms with Gasteiger partial charge in [0.15, 0.2) is 0 Å². The summed E-state index contributed by atoms with van der Waals surface area (Å²) in [5.74, 6) is -2.37. The van der Waals surface area contributed by atoms with E-state index in [1.54, 1.807) is 23.6 Å². The summed E-state index contributed by atoms with van der Waals surface area (Å²) in [6.45, 7) is 2.14. The number of thiophene rings is 1. The molecule has 2 aliphatic rings. The molecular weight excluding hydrogens is 608 g/mol. The van der Waals surface area contributed by atoms with Gasteiger partial charge in [-0.2, -0.15) is 0 Å². The smallest absolute Gasteiger partial charge is 0.295 e. The molecule has 1 saturated heterocycles. The molecule has 2 N–H and O–H groups in total. The molecule has 1 atom stereocenters. The van der Waals surface area contributed by atoms with Gasteiger partial charge in [0.05, 0.1) is 28.5 Å². The molecule has 3 heterocycles. The SMILES string of the molecule is Cc1c(NC(=O)c2c(NC(=O)CN3CCCC3c3c(F)ccc(Cl)c3F)sc3c2CCCC3)c(=O)n(-c2ccccc2)n1C. The topological polar surface area (TPSA) is 88.4 Å². The van der Waals surface area contributed by atoms with Gasteiger partial charge in [0, 0.05) is 23.5 Å². The largest absolute Gasteiger partial charge is 0.316 e. The Hall–Kier alpha value is -3.80. The van der Waals surface area contributed by atoms with Gasteiger partial charge in [0.1, 0.15) is 22.3 Å². The molecule has 230 valence electrons. The number of anilines is 2. The number of nitrogens with zero attached hydrogens (tertiary/aromatic N) is 3. The first-order valence-electron chi connectivity index (χ1n) is 14.6. The molecule has 0 bridgehead atoms. The van der Waals surface area contributed by atoms with E-state index in [-0.39, 0.29) is 28.4 Å². The van der Waals surface area contributed by atoms with Gasteiger partial charge in [-0.05, 0) is 81.8 Å². The molecule has 4 aromatic rings. The molecule has 0 spiro atoms. The summed E-state index contributed by atoms with van der Waals surface area (Å²) in [5.41, 5.74) is 2.17. The molecule has 1 aliphatic carbocycles. The molecule has 0 saturated carbocycles. The molecule has 1 aliphatic heterocycles. The fourth-order valence-electron chi connectivity index (χ4n) is 6.32. The number of carbonyl (C=O) groups excluding carboxylic acids is 2. The van der Waals surface area contributed by atoms with E-state index in [4.69, 9.17) is 11.6 Å². The van der Waals surface area contributed by atoms with Crippen LogP contribution in [0.5, 0.6) is 0 Å². The van der Waals surface area contributed by atoms with Gasteiger partial charge in [-0.15, -0.1) is 11.3 Å². The standard InChI is InChI=1S/C32H32ClF2N5O3S/c1-18-29(32(43)40(38(18)2)19-9-4-3-5-10-19)37-30(42)26-20-11-6-7-13-24(20)44-31(26)36-25(41)17-39-16-8-12-23(39)27-22(34)15-14-21(33)28(27)35/h3-5,9-10,14-15,23H,6-8,11-13,16-17H2,1-2H3,(H,36,41)(H,37,42). The summed E-state index contributed by atoms with van der Waals surface area (Å²) >= 11 is 7.31. The minimum absolute atomic E-state index is 0.112. The molecule has 8 nitrogen and oxygen atoms in total. The van der Waals surface area contributed by atoms with Crippen LogP contribution in [0.3, 0.4) is 0 Å². The second-order valence-electron chi connectivity index (χ2n) is 11.2. The third-order valence-electron chi connectivity index (χ3n) is 8.57. The Labute approximate surface area is 262 Å². The van der Waals surface area contributed by atoms with Crippen molar-refractivity contribution in [2.45, 2.75) is 51.5 Å². The number of carbonyl (C=O) groups is 2. The average molecular weight is 640 g/mol. The van der Waals surface area contributed by atoms with Gasteiger partial charge >= 0.3 is 0 Å². The highest BCUT2D eigenvalue weighted by molar-refractivity contribution is 7.17. The van der Waals surface area contributed by atoms with E-state index in [2.05, 4.69) is 10.6 Å². The predicted octanol–water partition coefficient (Wildman–Crippen LogP) is 6.38. The third kappa shape index (κ3) is 5.48. The summed E-state index contributed by atoms with van der Waals surface area (Å²) in [6, 6.07) is 10.8. The van der Waals surface area contributed by atoms with Gasteiger partial charge in [-0.3, -0.25) is 24.0 Å². The number of amides is 2. The van der Waals surface area contributed by atoms with Crippen LogP contribution in [0.4, 0.5) is 19.5 Å².